The van der Waals surface area contributed by atoms with Crippen LogP contribution in [0.2, 0.25) is 0 Å². The Labute approximate surface area is 123 Å². The average Bonchev–Trinajstić information content (AvgIpc) is 2.84. The summed E-state index contributed by atoms with van der Waals surface area (Å²) in [5.41, 5.74) is 0.329. The predicted octanol–water partition coefficient (Wildman–Crippen LogP) is 2.47. The molecule has 1 fully saturated rings. The lowest BCUT2D eigenvalue weighted by Crippen LogP contribution is -2.47. The standard InChI is InChI=1S/C15H32N2OS/c1-5-8-16-11-15(7-9-18-13-15)12-17(3)14(6-2)10-19-4/h14,16H,5-13H2,1-4H3. The van der Waals surface area contributed by atoms with Gasteiger partial charge < -0.3 is 15.0 Å². The Hall–Kier alpha value is 0.230. The monoisotopic (exact) mass is 288 g/mol. The first-order valence-electron chi connectivity index (χ1n) is 7.65. The minimum absolute atomic E-state index is 0.329. The highest BCUT2D eigenvalue weighted by Gasteiger charge is 2.36. The lowest BCUT2D eigenvalue weighted by Gasteiger charge is -2.36. The predicted molar refractivity (Wildman–Crippen MR) is 86.1 cm³/mol. The molecule has 3 nitrogen and oxygen atoms in total. The number of thioether (sulfide) groups is 1. The van der Waals surface area contributed by atoms with Crippen LogP contribution in [0.25, 0.3) is 0 Å². The van der Waals surface area contributed by atoms with Crippen molar-refractivity contribution < 1.29 is 4.74 Å². The van der Waals surface area contributed by atoms with Crippen LogP contribution in [0.1, 0.15) is 33.1 Å². The summed E-state index contributed by atoms with van der Waals surface area (Å²) in [5, 5.41) is 3.60. The highest BCUT2D eigenvalue weighted by Crippen LogP contribution is 2.30. The van der Waals surface area contributed by atoms with Crippen LogP contribution in [0.5, 0.6) is 0 Å². The summed E-state index contributed by atoms with van der Waals surface area (Å²) >= 11 is 1.95. The van der Waals surface area contributed by atoms with E-state index in [2.05, 4.69) is 37.4 Å². The first-order valence-corrected chi connectivity index (χ1v) is 9.04. The molecule has 114 valence electrons. The summed E-state index contributed by atoms with van der Waals surface area (Å²) in [6.45, 7) is 9.74. The third-order valence-corrected chi connectivity index (χ3v) is 4.87. The molecule has 0 saturated carbocycles. The van der Waals surface area contributed by atoms with Gasteiger partial charge in [0, 0.05) is 36.9 Å². The Balaban J connectivity index is 2.51. The minimum Gasteiger partial charge on any atom is -0.381 e. The zero-order chi connectivity index (χ0) is 14.1. The van der Waals surface area contributed by atoms with Gasteiger partial charge >= 0.3 is 0 Å². The molecule has 1 rings (SSSR count). The molecule has 0 radical (unpaired) electrons. The molecule has 1 N–H and O–H groups in total. The molecule has 0 aromatic heterocycles. The molecule has 1 saturated heterocycles. The van der Waals surface area contributed by atoms with Crippen molar-refractivity contribution in [3.05, 3.63) is 0 Å². The fourth-order valence-electron chi connectivity index (χ4n) is 2.91. The number of nitrogens with one attached hydrogen (secondary N) is 1. The summed E-state index contributed by atoms with van der Waals surface area (Å²) in [7, 11) is 2.28. The molecule has 0 aromatic rings. The van der Waals surface area contributed by atoms with Crippen LogP contribution in [0.3, 0.4) is 0 Å². The Morgan fingerprint density at radius 1 is 1.42 bits per heavy atom. The van der Waals surface area contributed by atoms with E-state index >= 15 is 0 Å². The number of rotatable bonds is 10. The third kappa shape index (κ3) is 5.62. The number of hydrogen-bond donors (Lipinski definition) is 1. The molecule has 2 unspecified atom stereocenters. The van der Waals surface area contributed by atoms with Crippen LogP contribution in [0.4, 0.5) is 0 Å². The maximum atomic E-state index is 5.69. The zero-order valence-electron chi connectivity index (χ0n) is 13.2. The van der Waals surface area contributed by atoms with Gasteiger partial charge in [-0.2, -0.15) is 11.8 Å². The van der Waals surface area contributed by atoms with Crippen molar-refractivity contribution in [3.8, 4) is 0 Å². The molecule has 1 aliphatic heterocycles. The number of hydrogen-bond acceptors (Lipinski definition) is 4. The van der Waals surface area contributed by atoms with Crippen LogP contribution in [-0.2, 0) is 4.74 Å². The maximum absolute atomic E-state index is 5.69. The van der Waals surface area contributed by atoms with E-state index in [1.54, 1.807) is 0 Å². The van der Waals surface area contributed by atoms with E-state index in [4.69, 9.17) is 4.74 Å². The van der Waals surface area contributed by atoms with Gasteiger partial charge in [-0.3, -0.25) is 0 Å². The maximum Gasteiger partial charge on any atom is 0.0547 e. The fraction of sp³-hybridized carbons (Fsp3) is 1.00. The Bertz CT molecular complexity index is 232. The Morgan fingerprint density at radius 2 is 2.21 bits per heavy atom. The van der Waals surface area contributed by atoms with Crippen molar-refractivity contribution >= 4 is 11.8 Å². The topological polar surface area (TPSA) is 24.5 Å². The van der Waals surface area contributed by atoms with E-state index in [1.165, 1.54) is 25.0 Å². The Kier molecular flexibility index (Phi) is 8.38. The van der Waals surface area contributed by atoms with Gasteiger partial charge in [-0.15, -0.1) is 0 Å². The quantitative estimate of drug-likeness (QED) is 0.624. The average molecular weight is 289 g/mol. The van der Waals surface area contributed by atoms with Crippen LogP contribution >= 0.6 is 11.8 Å². The van der Waals surface area contributed by atoms with Gasteiger partial charge in [0.25, 0.3) is 0 Å². The first-order chi connectivity index (χ1) is 9.17. The van der Waals surface area contributed by atoms with E-state index in [-0.39, 0.29) is 0 Å². The summed E-state index contributed by atoms with van der Waals surface area (Å²) in [4.78, 5) is 2.55. The first kappa shape index (κ1) is 17.3. The highest BCUT2D eigenvalue weighted by molar-refractivity contribution is 7.98. The second-order valence-corrected chi connectivity index (χ2v) is 6.82. The van der Waals surface area contributed by atoms with Crippen molar-refractivity contribution in [1.29, 1.82) is 0 Å². The largest absolute Gasteiger partial charge is 0.381 e. The summed E-state index contributed by atoms with van der Waals surface area (Å²) in [5.74, 6) is 1.23. The van der Waals surface area contributed by atoms with Gasteiger partial charge in [-0.05, 0) is 39.1 Å². The van der Waals surface area contributed by atoms with Gasteiger partial charge in [0.1, 0.15) is 0 Å². The summed E-state index contributed by atoms with van der Waals surface area (Å²) in [6.07, 6.45) is 5.84. The van der Waals surface area contributed by atoms with Gasteiger partial charge in [-0.25, -0.2) is 0 Å². The van der Waals surface area contributed by atoms with Gasteiger partial charge in [-0.1, -0.05) is 13.8 Å². The molecule has 0 aromatic carbocycles. The van der Waals surface area contributed by atoms with E-state index in [9.17, 15) is 0 Å². The highest BCUT2D eigenvalue weighted by atomic mass is 32.2. The third-order valence-electron chi connectivity index (χ3n) is 4.15. The van der Waals surface area contributed by atoms with Crippen LogP contribution in [0.15, 0.2) is 0 Å². The minimum atomic E-state index is 0.329. The summed E-state index contributed by atoms with van der Waals surface area (Å²) < 4.78 is 5.69. The van der Waals surface area contributed by atoms with E-state index in [1.807, 2.05) is 11.8 Å². The van der Waals surface area contributed by atoms with Crippen LogP contribution in [-0.4, -0.2) is 62.8 Å². The molecule has 4 heteroatoms. The number of ether oxygens (including phenoxy) is 1. The van der Waals surface area contributed by atoms with Crippen molar-refractivity contribution in [2.75, 3.05) is 51.9 Å². The number of nitrogens with zero attached hydrogens (tertiary/aromatic N) is 1. The van der Waals surface area contributed by atoms with Gasteiger partial charge in [0.2, 0.25) is 0 Å². The van der Waals surface area contributed by atoms with E-state index in [0.717, 1.165) is 32.8 Å². The van der Waals surface area contributed by atoms with Gasteiger partial charge in [0.05, 0.1) is 6.61 Å². The van der Waals surface area contributed by atoms with Crippen molar-refractivity contribution in [3.63, 3.8) is 0 Å². The van der Waals surface area contributed by atoms with Crippen LogP contribution in [0, 0.1) is 5.41 Å². The van der Waals surface area contributed by atoms with E-state index < -0.39 is 0 Å². The molecule has 0 aliphatic carbocycles. The Morgan fingerprint density at radius 3 is 2.74 bits per heavy atom. The smallest absolute Gasteiger partial charge is 0.0547 e. The molecule has 0 spiro atoms. The molecule has 1 aliphatic rings. The lowest BCUT2D eigenvalue weighted by atomic mass is 9.86. The van der Waals surface area contributed by atoms with E-state index in [0.29, 0.717) is 11.5 Å². The van der Waals surface area contributed by atoms with Crippen LogP contribution < -0.4 is 5.32 Å². The zero-order valence-corrected chi connectivity index (χ0v) is 14.0. The lowest BCUT2D eigenvalue weighted by molar-refractivity contribution is 0.104. The van der Waals surface area contributed by atoms with Crippen molar-refractivity contribution in [1.82, 2.24) is 10.2 Å². The summed E-state index contributed by atoms with van der Waals surface area (Å²) in [6, 6.07) is 0.693. The SMILES string of the molecule is CCCNCC1(CN(C)C(CC)CSC)CCOC1. The molecule has 0 amide bonds. The van der Waals surface area contributed by atoms with Crippen molar-refractivity contribution in [2.24, 2.45) is 5.41 Å². The van der Waals surface area contributed by atoms with Gasteiger partial charge in [0.15, 0.2) is 0 Å². The van der Waals surface area contributed by atoms with Crippen molar-refractivity contribution in [2.45, 2.75) is 39.2 Å². The molecular weight excluding hydrogens is 256 g/mol. The molecular formula is C15H32N2OS. The molecule has 0 bridgehead atoms. The molecule has 19 heavy (non-hydrogen) atoms. The normalized spacial score (nSPS) is 25.1. The fourth-order valence-corrected chi connectivity index (χ4v) is 3.78. The molecule has 1 heterocycles. The molecule has 2 atom stereocenters. The second-order valence-electron chi connectivity index (χ2n) is 5.91. The second kappa shape index (κ2) is 9.22.